The number of hydrogen-bond acceptors (Lipinski definition) is 5. The molecule has 0 aliphatic rings. The van der Waals surface area contributed by atoms with Crippen molar-refractivity contribution in [2.24, 2.45) is 0 Å². The number of amides is 1. The number of aliphatic carboxylic acids is 1. The van der Waals surface area contributed by atoms with Gasteiger partial charge in [-0.3, -0.25) is 4.79 Å². The van der Waals surface area contributed by atoms with E-state index in [-0.39, 0.29) is 0 Å². The highest BCUT2D eigenvalue weighted by Gasteiger charge is 2.27. The van der Waals surface area contributed by atoms with Crippen LogP contribution in [0, 0.1) is 0 Å². The van der Waals surface area contributed by atoms with Gasteiger partial charge in [-0.05, 0) is 44.0 Å². The van der Waals surface area contributed by atoms with Gasteiger partial charge in [-0.15, -0.1) is 0 Å². The highest BCUT2D eigenvalue weighted by molar-refractivity contribution is 5.70. The first kappa shape index (κ1) is 22.2. The van der Waals surface area contributed by atoms with Gasteiger partial charge in [0.2, 0.25) is 0 Å². The van der Waals surface area contributed by atoms with Crippen LogP contribution in [0.15, 0.2) is 54.6 Å². The van der Waals surface area contributed by atoms with E-state index < -0.39 is 36.2 Å². The van der Waals surface area contributed by atoms with Crippen molar-refractivity contribution >= 4 is 12.1 Å². The SMILES string of the molecule is CC(C)(C)OC(=O)N[C@@H](c1ccc(OCc2ccccc2)cc1)[C@@H](O)CC(=O)O. The molecule has 0 spiro atoms. The molecule has 0 aliphatic heterocycles. The topological polar surface area (TPSA) is 105 Å². The molecule has 0 heterocycles. The zero-order chi connectivity index (χ0) is 21.4. The molecule has 2 atom stereocenters. The first-order valence-electron chi connectivity index (χ1n) is 9.30. The zero-order valence-electron chi connectivity index (χ0n) is 16.8. The number of aliphatic hydroxyl groups is 1. The summed E-state index contributed by atoms with van der Waals surface area (Å²) in [5.41, 5.74) is 0.844. The Morgan fingerprint density at radius 1 is 1.03 bits per heavy atom. The van der Waals surface area contributed by atoms with Crippen LogP contribution < -0.4 is 10.1 Å². The van der Waals surface area contributed by atoms with Gasteiger partial charge in [0.15, 0.2) is 0 Å². The molecular weight excluding hydrogens is 374 g/mol. The zero-order valence-corrected chi connectivity index (χ0v) is 16.8. The summed E-state index contributed by atoms with van der Waals surface area (Å²) in [6.07, 6.45) is -2.58. The lowest BCUT2D eigenvalue weighted by Gasteiger charge is -2.26. The molecule has 0 aliphatic carbocycles. The average Bonchev–Trinajstić information content (AvgIpc) is 2.64. The number of ether oxygens (including phenoxy) is 2. The lowest BCUT2D eigenvalue weighted by atomic mass is 9.99. The number of hydrogen-bond donors (Lipinski definition) is 3. The summed E-state index contributed by atoms with van der Waals surface area (Å²) in [5.74, 6) is -0.558. The highest BCUT2D eigenvalue weighted by atomic mass is 16.6. The van der Waals surface area contributed by atoms with Crippen LogP contribution in [0.2, 0.25) is 0 Å². The van der Waals surface area contributed by atoms with E-state index >= 15 is 0 Å². The normalized spacial score (nSPS) is 13.2. The number of carboxylic acid groups (broad SMARTS) is 1. The highest BCUT2D eigenvalue weighted by Crippen LogP contribution is 2.23. The second kappa shape index (κ2) is 9.93. The fourth-order valence-electron chi connectivity index (χ4n) is 2.65. The maximum atomic E-state index is 12.1. The van der Waals surface area contributed by atoms with Crippen LogP contribution in [-0.4, -0.2) is 34.0 Å². The second-order valence-electron chi connectivity index (χ2n) is 7.63. The molecule has 7 nitrogen and oxygen atoms in total. The molecule has 3 N–H and O–H groups in total. The van der Waals surface area contributed by atoms with Crippen LogP contribution in [-0.2, 0) is 16.1 Å². The number of nitrogens with one attached hydrogen (secondary N) is 1. The van der Waals surface area contributed by atoms with Crippen molar-refractivity contribution in [3.05, 3.63) is 65.7 Å². The van der Waals surface area contributed by atoms with Crippen LogP contribution in [0.25, 0.3) is 0 Å². The van der Waals surface area contributed by atoms with Gasteiger partial charge in [0.1, 0.15) is 18.0 Å². The summed E-state index contributed by atoms with van der Waals surface area (Å²) < 4.78 is 11.0. The van der Waals surface area contributed by atoms with Gasteiger partial charge in [0.05, 0.1) is 18.6 Å². The molecule has 2 aromatic carbocycles. The molecule has 0 saturated heterocycles. The third-order valence-electron chi connectivity index (χ3n) is 3.93. The van der Waals surface area contributed by atoms with Gasteiger partial charge < -0.3 is 25.0 Å². The van der Waals surface area contributed by atoms with Gasteiger partial charge >= 0.3 is 12.1 Å². The van der Waals surface area contributed by atoms with E-state index in [9.17, 15) is 14.7 Å². The third kappa shape index (κ3) is 7.83. The average molecular weight is 401 g/mol. The minimum atomic E-state index is -1.32. The predicted octanol–water partition coefficient (Wildman–Crippen LogP) is 3.67. The summed E-state index contributed by atoms with van der Waals surface area (Å²) in [7, 11) is 0. The Morgan fingerprint density at radius 2 is 1.66 bits per heavy atom. The van der Waals surface area contributed by atoms with Crippen molar-refractivity contribution in [2.45, 2.75) is 51.5 Å². The van der Waals surface area contributed by atoms with Crippen molar-refractivity contribution in [2.75, 3.05) is 0 Å². The van der Waals surface area contributed by atoms with E-state index in [0.29, 0.717) is 17.9 Å². The molecule has 1 amide bonds. The number of alkyl carbamates (subject to hydrolysis) is 1. The summed E-state index contributed by atoms with van der Waals surface area (Å²) >= 11 is 0. The molecule has 0 unspecified atom stereocenters. The van der Waals surface area contributed by atoms with Crippen LogP contribution >= 0.6 is 0 Å². The van der Waals surface area contributed by atoms with E-state index in [0.717, 1.165) is 5.56 Å². The van der Waals surface area contributed by atoms with Crippen LogP contribution in [0.1, 0.15) is 44.4 Å². The molecule has 2 rings (SSSR count). The minimum Gasteiger partial charge on any atom is -0.489 e. The standard InChI is InChI=1S/C22H27NO6/c1-22(2,3)29-21(27)23-20(18(24)13-19(25)26)16-9-11-17(12-10-16)28-14-15-7-5-4-6-8-15/h4-12,18,20,24H,13-14H2,1-3H3,(H,23,27)(H,25,26)/t18-,20-/m0/s1. The van der Waals surface area contributed by atoms with E-state index in [1.165, 1.54) is 0 Å². The predicted molar refractivity (Wildman–Crippen MR) is 108 cm³/mol. The van der Waals surface area contributed by atoms with Gasteiger partial charge in [0.25, 0.3) is 0 Å². The van der Waals surface area contributed by atoms with Crippen molar-refractivity contribution in [1.29, 1.82) is 0 Å². The maximum absolute atomic E-state index is 12.1. The summed E-state index contributed by atoms with van der Waals surface area (Å²) in [5, 5.41) is 21.9. The lowest BCUT2D eigenvalue weighted by molar-refractivity contribution is -0.139. The maximum Gasteiger partial charge on any atom is 0.408 e. The Balaban J connectivity index is 2.10. The first-order chi connectivity index (χ1) is 13.6. The van der Waals surface area contributed by atoms with Crippen LogP contribution in [0.3, 0.4) is 0 Å². The third-order valence-corrected chi connectivity index (χ3v) is 3.93. The summed E-state index contributed by atoms with van der Waals surface area (Å²) in [6.45, 7) is 5.55. The van der Waals surface area contributed by atoms with Crippen LogP contribution in [0.5, 0.6) is 5.75 Å². The molecule has 156 valence electrons. The van der Waals surface area contributed by atoms with Crippen molar-refractivity contribution in [3.63, 3.8) is 0 Å². The second-order valence-corrected chi connectivity index (χ2v) is 7.63. The van der Waals surface area contributed by atoms with E-state index in [1.54, 1.807) is 45.0 Å². The van der Waals surface area contributed by atoms with Crippen molar-refractivity contribution in [1.82, 2.24) is 5.32 Å². The summed E-state index contributed by atoms with van der Waals surface area (Å²) in [6, 6.07) is 15.5. The molecule has 29 heavy (non-hydrogen) atoms. The smallest absolute Gasteiger partial charge is 0.408 e. The van der Waals surface area contributed by atoms with Gasteiger partial charge in [-0.1, -0.05) is 42.5 Å². The molecule has 0 aromatic heterocycles. The lowest BCUT2D eigenvalue weighted by Crippen LogP contribution is -2.40. The quantitative estimate of drug-likeness (QED) is 0.623. The first-order valence-corrected chi connectivity index (χ1v) is 9.30. The number of benzene rings is 2. The minimum absolute atomic E-state index is 0.404. The Kier molecular flexibility index (Phi) is 7.61. The molecule has 0 fully saturated rings. The Hall–Kier alpha value is -3.06. The van der Waals surface area contributed by atoms with Gasteiger partial charge in [-0.2, -0.15) is 0 Å². The molecule has 7 heteroatoms. The summed E-state index contributed by atoms with van der Waals surface area (Å²) in [4.78, 5) is 23.2. The van der Waals surface area contributed by atoms with E-state index in [4.69, 9.17) is 14.6 Å². The Bertz CT molecular complexity index is 798. The van der Waals surface area contributed by atoms with Crippen molar-refractivity contribution < 1.29 is 29.3 Å². The van der Waals surface area contributed by atoms with Crippen LogP contribution in [0.4, 0.5) is 4.79 Å². The Morgan fingerprint density at radius 3 is 2.21 bits per heavy atom. The van der Waals surface area contributed by atoms with Gasteiger partial charge in [0, 0.05) is 0 Å². The molecule has 0 saturated carbocycles. The van der Waals surface area contributed by atoms with Gasteiger partial charge in [-0.25, -0.2) is 4.79 Å². The van der Waals surface area contributed by atoms with E-state index in [2.05, 4.69) is 5.32 Å². The molecule has 0 bridgehead atoms. The number of aliphatic hydroxyl groups excluding tert-OH is 1. The fourth-order valence-corrected chi connectivity index (χ4v) is 2.65. The monoisotopic (exact) mass is 401 g/mol. The molecule has 0 radical (unpaired) electrons. The fraction of sp³-hybridized carbons (Fsp3) is 0.364. The van der Waals surface area contributed by atoms with Crippen molar-refractivity contribution in [3.8, 4) is 5.75 Å². The van der Waals surface area contributed by atoms with E-state index in [1.807, 2.05) is 30.3 Å². The molecular formula is C22H27NO6. The largest absolute Gasteiger partial charge is 0.489 e. The number of rotatable bonds is 8. The molecule has 2 aromatic rings. The number of carboxylic acids is 1. The number of carbonyl (C=O) groups excluding carboxylic acids is 1. The Labute approximate surface area is 170 Å². The number of carbonyl (C=O) groups is 2.